The number of hydrogen-bond acceptors (Lipinski definition) is 6. The summed E-state index contributed by atoms with van der Waals surface area (Å²) in [4.78, 5) is 36.8. The van der Waals surface area contributed by atoms with Crippen LogP contribution in [0.5, 0.6) is 0 Å². The predicted molar refractivity (Wildman–Crippen MR) is 71.3 cm³/mol. The summed E-state index contributed by atoms with van der Waals surface area (Å²) in [7, 11) is 2.44. The maximum Gasteiger partial charge on any atom is 0.324 e. The number of furan rings is 1. The number of esters is 2. The van der Waals surface area contributed by atoms with Gasteiger partial charge < -0.3 is 13.9 Å². The zero-order chi connectivity index (χ0) is 15.6. The first-order valence-electron chi connectivity index (χ1n) is 6.70. The summed E-state index contributed by atoms with van der Waals surface area (Å²) in [6.07, 6.45) is 1.61. The summed E-state index contributed by atoms with van der Waals surface area (Å²) in [6.45, 7) is 1.68. The van der Waals surface area contributed by atoms with Crippen LogP contribution in [0.1, 0.15) is 31.4 Å². The molecule has 1 saturated carbocycles. The van der Waals surface area contributed by atoms with Crippen LogP contribution in [-0.4, -0.2) is 31.9 Å². The molecule has 0 saturated heterocycles. The van der Waals surface area contributed by atoms with Crippen LogP contribution in [0, 0.1) is 11.3 Å². The van der Waals surface area contributed by atoms with Crippen LogP contribution >= 0.6 is 0 Å². The monoisotopic (exact) mass is 294 g/mol. The highest BCUT2D eigenvalue weighted by Crippen LogP contribution is 2.51. The summed E-state index contributed by atoms with van der Waals surface area (Å²) >= 11 is 0. The molecule has 6 heteroatoms. The molecule has 2 atom stereocenters. The number of ketones is 1. The molecule has 0 aliphatic heterocycles. The lowest BCUT2D eigenvalue weighted by Gasteiger charge is -2.42. The van der Waals surface area contributed by atoms with Gasteiger partial charge >= 0.3 is 11.9 Å². The molecule has 114 valence electrons. The lowest BCUT2D eigenvalue weighted by atomic mass is 9.59. The van der Waals surface area contributed by atoms with Crippen molar-refractivity contribution >= 4 is 17.7 Å². The summed E-state index contributed by atoms with van der Waals surface area (Å²) in [5.41, 5.74) is -1.56. The normalized spacial score (nSPS) is 24.4. The minimum atomic E-state index is -1.56. The van der Waals surface area contributed by atoms with Crippen molar-refractivity contribution in [2.45, 2.75) is 25.7 Å². The van der Waals surface area contributed by atoms with Gasteiger partial charge in [0.15, 0.2) is 5.41 Å². The number of Topliss-reactive ketones (excluding diaryl/α,β-unsaturated/α-hetero) is 1. The molecular weight excluding hydrogens is 276 g/mol. The van der Waals surface area contributed by atoms with Gasteiger partial charge in [0.2, 0.25) is 0 Å². The van der Waals surface area contributed by atoms with Crippen molar-refractivity contribution in [3.63, 3.8) is 0 Å². The molecule has 0 spiro atoms. The van der Waals surface area contributed by atoms with E-state index in [0.29, 0.717) is 5.76 Å². The highest BCUT2D eigenvalue weighted by molar-refractivity contribution is 6.03. The van der Waals surface area contributed by atoms with Gasteiger partial charge in [-0.05, 0) is 18.1 Å². The number of hydrogen-bond donors (Lipinski definition) is 0. The van der Waals surface area contributed by atoms with Crippen molar-refractivity contribution in [3.8, 4) is 0 Å². The van der Waals surface area contributed by atoms with E-state index in [1.807, 2.05) is 0 Å². The summed E-state index contributed by atoms with van der Waals surface area (Å²) in [6, 6.07) is 3.30. The van der Waals surface area contributed by atoms with Crippen LogP contribution in [-0.2, 0) is 23.9 Å². The van der Waals surface area contributed by atoms with Crippen molar-refractivity contribution in [1.29, 1.82) is 0 Å². The van der Waals surface area contributed by atoms with Crippen LogP contribution < -0.4 is 0 Å². The minimum Gasteiger partial charge on any atom is -0.469 e. The lowest BCUT2D eigenvalue weighted by molar-refractivity contribution is -0.179. The Bertz CT molecular complexity index is 529. The third kappa shape index (κ3) is 2.24. The molecule has 1 aliphatic carbocycles. The van der Waals surface area contributed by atoms with Crippen molar-refractivity contribution in [1.82, 2.24) is 0 Å². The van der Waals surface area contributed by atoms with E-state index in [1.165, 1.54) is 20.5 Å². The van der Waals surface area contributed by atoms with Crippen molar-refractivity contribution in [3.05, 3.63) is 24.2 Å². The van der Waals surface area contributed by atoms with E-state index in [2.05, 4.69) is 0 Å². The maximum atomic E-state index is 12.4. The van der Waals surface area contributed by atoms with Gasteiger partial charge in [0.25, 0.3) is 0 Å². The highest BCUT2D eigenvalue weighted by atomic mass is 16.5. The van der Waals surface area contributed by atoms with Crippen LogP contribution in [0.3, 0.4) is 0 Å². The first-order chi connectivity index (χ1) is 9.98. The second kappa shape index (κ2) is 5.71. The SMILES string of the molecule is COC(=O)C1(C(=O)OC)[C@@H](c2ccco2)CC(=O)C[C@@H]1C. The Hall–Kier alpha value is -2.11. The van der Waals surface area contributed by atoms with E-state index in [-0.39, 0.29) is 18.6 Å². The molecule has 1 aliphatic rings. The van der Waals surface area contributed by atoms with Crippen molar-refractivity contribution in [2.75, 3.05) is 14.2 Å². The number of carbonyl (C=O) groups excluding carboxylic acids is 3. The Labute approximate surface area is 122 Å². The van der Waals surface area contributed by atoms with Gasteiger partial charge in [-0.25, -0.2) is 0 Å². The fourth-order valence-corrected chi connectivity index (χ4v) is 3.24. The van der Waals surface area contributed by atoms with Gasteiger partial charge in [0.1, 0.15) is 11.5 Å². The molecule has 2 rings (SSSR count). The van der Waals surface area contributed by atoms with Gasteiger partial charge in [-0.3, -0.25) is 14.4 Å². The molecule has 0 N–H and O–H groups in total. The molecule has 0 aromatic carbocycles. The summed E-state index contributed by atoms with van der Waals surface area (Å²) in [5.74, 6) is -2.26. The molecule has 0 unspecified atom stereocenters. The second-order valence-corrected chi connectivity index (χ2v) is 5.27. The maximum absolute atomic E-state index is 12.4. The van der Waals surface area contributed by atoms with Crippen LogP contribution in [0.2, 0.25) is 0 Å². The van der Waals surface area contributed by atoms with E-state index >= 15 is 0 Å². The molecule has 1 heterocycles. The lowest BCUT2D eigenvalue weighted by Crippen LogP contribution is -2.54. The Balaban J connectivity index is 2.62. The fraction of sp³-hybridized carbons (Fsp3) is 0.533. The molecule has 0 bridgehead atoms. The Kier molecular flexibility index (Phi) is 4.16. The molecule has 6 nitrogen and oxygen atoms in total. The number of methoxy groups -OCH3 is 2. The van der Waals surface area contributed by atoms with Gasteiger partial charge in [0.05, 0.1) is 26.4 Å². The fourth-order valence-electron chi connectivity index (χ4n) is 3.24. The van der Waals surface area contributed by atoms with Gasteiger partial charge in [0, 0.05) is 12.8 Å². The topological polar surface area (TPSA) is 82.8 Å². The molecule has 1 aromatic rings. The van der Waals surface area contributed by atoms with E-state index in [1.54, 1.807) is 19.1 Å². The first kappa shape index (κ1) is 15.3. The average Bonchev–Trinajstić information content (AvgIpc) is 2.99. The molecule has 1 aromatic heterocycles. The standard InChI is InChI=1S/C15H18O6/c1-9-7-10(16)8-11(12-5-4-6-21-12)15(9,13(17)19-2)14(18)20-3/h4-6,9,11H,7-8H2,1-3H3/t9-,11+/m0/s1. The minimum absolute atomic E-state index is 0.0210. The van der Waals surface area contributed by atoms with Crippen LogP contribution in [0.4, 0.5) is 0 Å². The zero-order valence-corrected chi connectivity index (χ0v) is 12.3. The van der Waals surface area contributed by atoms with Gasteiger partial charge in [-0.15, -0.1) is 0 Å². The molecule has 0 radical (unpaired) electrons. The molecule has 0 amide bonds. The molecule has 21 heavy (non-hydrogen) atoms. The second-order valence-electron chi connectivity index (χ2n) is 5.27. The van der Waals surface area contributed by atoms with Crippen molar-refractivity contribution < 1.29 is 28.3 Å². The predicted octanol–water partition coefficient (Wildman–Crippen LogP) is 1.69. The Morgan fingerprint density at radius 1 is 1.24 bits per heavy atom. The van der Waals surface area contributed by atoms with E-state index in [0.717, 1.165) is 0 Å². The Morgan fingerprint density at radius 2 is 1.86 bits per heavy atom. The van der Waals surface area contributed by atoms with E-state index in [4.69, 9.17) is 13.9 Å². The largest absolute Gasteiger partial charge is 0.469 e. The zero-order valence-electron chi connectivity index (χ0n) is 12.3. The Morgan fingerprint density at radius 3 is 2.33 bits per heavy atom. The van der Waals surface area contributed by atoms with Gasteiger partial charge in [-0.1, -0.05) is 6.92 Å². The highest BCUT2D eigenvalue weighted by Gasteiger charge is 2.62. The first-order valence-corrected chi connectivity index (χ1v) is 6.70. The van der Waals surface area contributed by atoms with Gasteiger partial charge in [-0.2, -0.15) is 0 Å². The number of rotatable bonds is 3. The van der Waals surface area contributed by atoms with E-state index in [9.17, 15) is 14.4 Å². The van der Waals surface area contributed by atoms with Crippen LogP contribution in [0.25, 0.3) is 0 Å². The third-order valence-electron chi connectivity index (χ3n) is 4.23. The smallest absolute Gasteiger partial charge is 0.324 e. The average molecular weight is 294 g/mol. The summed E-state index contributed by atoms with van der Waals surface area (Å²) in [5, 5.41) is 0. The molecular formula is C15H18O6. The third-order valence-corrected chi connectivity index (χ3v) is 4.23. The number of ether oxygens (including phenoxy) is 2. The quantitative estimate of drug-likeness (QED) is 0.623. The number of carbonyl (C=O) groups is 3. The van der Waals surface area contributed by atoms with Crippen molar-refractivity contribution in [2.24, 2.45) is 11.3 Å². The van der Waals surface area contributed by atoms with E-state index < -0.39 is 29.2 Å². The summed E-state index contributed by atoms with van der Waals surface area (Å²) < 4.78 is 15.1. The molecule has 1 fully saturated rings. The van der Waals surface area contributed by atoms with Crippen LogP contribution in [0.15, 0.2) is 22.8 Å².